The lowest BCUT2D eigenvalue weighted by Gasteiger charge is -2.19. The Morgan fingerprint density at radius 2 is 1.89 bits per heavy atom. The molecule has 0 atom stereocenters. The van der Waals surface area contributed by atoms with E-state index in [9.17, 15) is 9.59 Å². The summed E-state index contributed by atoms with van der Waals surface area (Å²) in [4.78, 5) is 31.1. The number of benzene rings is 1. The van der Waals surface area contributed by atoms with E-state index in [1.807, 2.05) is 6.07 Å². The van der Waals surface area contributed by atoms with Gasteiger partial charge in [-0.05, 0) is 24.1 Å². The van der Waals surface area contributed by atoms with Gasteiger partial charge >= 0.3 is 0 Å². The summed E-state index contributed by atoms with van der Waals surface area (Å²) in [7, 11) is 0. The quantitative estimate of drug-likeness (QED) is 0.513. The number of carbonyl (C=O) groups excluding carboxylic acids is 3. The summed E-state index contributed by atoms with van der Waals surface area (Å²) in [6.07, 6.45) is 1.10. The predicted molar refractivity (Wildman–Crippen MR) is 80.0 cm³/mol. The summed E-state index contributed by atoms with van der Waals surface area (Å²) >= 11 is 6.76. The molecule has 8 heteroatoms. The van der Waals surface area contributed by atoms with Gasteiger partial charge in [0.1, 0.15) is 0 Å². The largest absolute Gasteiger partial charge is 0.361 e. The lowest BCUT2D eigenvalue weighted by molar-refractivity contribution is -0.116. The molecule has 102 valence electrons. The fraction of sp³-hybridized carbons (Fsp3) is 0.182. The molecule has 0 unspecified atom stereocenters. The average molecular weight is 299 g/mol. The Balaban J connectivity index is 0.000000399. The van der Waals surface area contributed by atoms with Crippen LogP contribution < -0.4 is 16.4 Å². The molecule has 6 nitrogen and oxygen atoms in total. The number of rotatable bonds is 1. The first kappa shape index (κ1) is 15.4. The third-order valence-electron chi connectivity index (χ3n) is 2.29. The summed E-state index contributed by atoms with van der Waals surface area (Å²) in [6, 6.07) is 5.40. The molecule has 0 bridgehead atoms. The lowest BCUT2D eigenvalue weighted by Crippen LogP contribution is -2.20. The van der Waals surface area contributed by atoms with Crippen molar-refractivity contribution in [3.8, 4) is 0 Å². The van der Waals surface area contributed by atoms with E-state index in [1.54, 1.807) is 12.1 Å². The zero-order valence-corrected chi connectivity index (χ0v) is 11.6. The highest BCUT2D eigenvalue weighted by atomic mass is 32.1. The lowest BCUT2D eigenvalue weighted by atomic mass is 10.0. The second-order valence-electron chi connectivity index (χ2n) is 3.65. The van der Waals surface area contributed by atoms with Gasteiger partial charge in [-0.25, -0.2) is 0 Å². The number of primary amides is 1. The molecular formula is C11H13N3O3S2. The third-order valence-corrected chi connectivity index (χ3v) is 2.41. The van der Waals surface area contributed by atoms with Gasteiger partial charge in [-0.3, -0.25) is 14.4 Å². The van der Waals surface area contributed by atoms with Gasteiger partial charge < -0.3 is 16.4 Å². The van der Waals surface area contributed by atoms with E-state index in [-0.39, 0.29) is 5.91 Å². The Morgan fingerprint density at radius 1 is 1.26 bits per heavy atom. The molecule has 1 heterocycles. The van der Waals surface area contributed by atoms with Crippen LogP contribution in [0.15, 0.2) is 18.2 Å². The van der Waals surface area contributed by atoms with Crippen LogP contribution in [0.5, 0.6) is 0 Å². The zero-order chi connectivity index (χ0) is 14.4. The molecule has 1 aromatic rings. The van der Waals surface area contributed by atoms with Crippen LogP contribution in [0.3, 0.4) is 0 Å². The number of anilines is 2. The Morgan fingerprint density at radius 3 is 2.47 bits per heavy atom. The number of thiol groups is 2. The number of hydrogen-bond acceptors (Lipinski definition) is 3. The highest BCUT2D eigenvalue weighted by Gasteiger charge is 2.17. The molecule has 19 heavy (non-hydrogen) atoms. The first-order valence-corrected chi connectivity index (χ1v) is 6.19. The van der Waals surface area contributed by atoms with Crippen LogP contribution in [0.25, 0.3) is 0 Å². The minimum Gasteiger partial charge on any atom is -0.361 e. The minimum absolute atomic E-state index is 0.0110. The normalized spacial score (nSPS) is 12.4. The first-order valence-electron chi connectivity index (χ1n) is 5.30. The van der Waals surface area contributed by atoms with E-state index in [2.05, 4.69) is 41.6 Å². The van der Waals surface area contributed by atoms with Crippen molar-refractivity contribution in [2.75, 3.05) is 10.6 Å². The maximum atomic E-state index is 11.1. The fourth-order valence-corrected chi connectivity index (χ4v) is 1.78. The smallest absolute Gasteiger partial charge is 0.280 e. The highest BCUT2D eigenvalue weighted by Crippen LogP contribution is 2.29. The molecular weight excluding hydrogens is 286 g/mol. The summed E-state index contributed by atoms with van der Waals surface area (Å²) in [5.41, 5.74) is 6.78. The first-order chi connectivity index (χ1) is 8.90. The van der Waals surface area contributed by atoms with Gasteiger partial charge in [-0.1, -0.05) is 31.3 Å². The number of nitrogens with one attached hydrogen (secondary N) is 2. The molecule has 0 aliphatic carbocycles. The number of hydrogen-bond donors (Lipinski definition) is 5. The van der Waals surface area contributed by atoms with Gasteiger partial charge in [0.05, 0.1) is 0 Å². The van der Waals surface area contributed by atoms with Gasteiger partial charge in [-0.15, -0.1) is 0 Å². The number of carbonyl (C=O) groups is 3. The summed E-state index contributed by atoms with van der Waals surface area (Å²) < 4.78 is 0. The second-order valence-corrected chi connectivity index (χ2v) is 4.50. The standard InChI is InChI=1S/C10H10N2O2S.CH3NOS/c13-9-5-4-6-7(11-9)2-1-3-8(6)12-10(14)15;2-1(3)4/h1-3H,4-5H2,(H,11,13)(H2,12,14,15);(H3,2,3,4). The summed E-state index contributed by atoms with van der Waals surface area (Å²) in [5, 5.41) is 4.34. The molecule has 0 spiro atoms. The van der Waals surface area contributed by atoms with E-state index in [1.165, 1.54) is 0 Å². The molecule has 0 saturated heterocycles. The Labute approximate surface area is 120 Å². The minimum atomic E-state index is -0.639. The van der Waals surface area contributed by atoms with Crippen LogP contribution in [0.2, 0.25) is 0 Å². The number of amides is 3. The van der Waals surface area contributed by atoms with Gasteiger partial charge in [-0.2, -0.15) is 0 Å². The fourth-order valence-electron chi connectivity index (χ4n) is 1.66. The Hall–Kier alpha value is -1.67. The van der Waals surface area contributed by atoms with Crippen molar-refractivity contribution in [1.82, 2.24) is 0 Å². The van der Waals surface area contributed by atoms with Crippen molar-refractivity contribution < 1.29 is 14.4 Å². The van der Waals surface area contributed by atoms with Crippen LogP contribution in [-0.4, -0.2) is 16.4 Å². The van der Waals surface area contributed by atoms with Gasteiger partial charge in [0.15, 0.2) is 0 Å². The van der Waals surface area contributed by atoms with Crippen molar-refractivity contribution in [1.29, 1.82) is 0 Å². The molecule has 1 aliphatic rings. The predicted octanol–water partition coefficient (Wildman–Crippen LogP) is 2.03. The number of fused-ring (bicyclic) bond motifs is 1. The van der Waals surface area contributed by atoms with E-state index in [0.29, 0.717) is 18.5 Å². The summed E-state index contributed by atoms with van der Waals surface area (Å²) in [6.45, 7) is 0. The van der Waals surface area contributed by atoms with E-state index in [0.717, 1.165) is 11.3 Å². The molecule has 1 aromatic carbocycles. The molecule has 0 aromatic heterocycles. The van der Waals surface area contributed by atoms with E-state index in [4.69, 9.17) is 4.79 Å². The molecule has 0 saturated carbocycles. The van der Waals surface area contributed by atoms with Crippen LogP contribution in [0.4, 0.5) is 21.0 Å². The maximum Gasteiger partial charge on any atom is 0.280 e. The van der Waals surface area contributed by atoms with Crippen molar-refractivity contribution in [3.05, 3.63) is 23.8 Å². The van der Waals surface area contributed by atoms with Crippen LogP contribution >= 0.6 is 25.3 Å². The highest BCUT2D eigenvalue weighted by molar-refractivity contribution is 7.97. The third kappa shape index (κ3) is 5.23. The molecule has 1 aliphatic heterocycles. The number of nitrogens with two attached hydrogens (primary N) is 1. The topological polar surface area (TPSA) is 101 Å². The maximum absolute atomic E-state index is 11.1. The van der Waals surface area contributed by atoms with E-state index >= 15 is 0 Å². The zero-order valence-electron chi connectivity index (χ0n) is 9.84. The monoisotopic (exact) mass is 299 g/mol. The van der Waals surface area contributed by atoms with Gasteiger partial charge in [0, 0.05) is 17.8 Å². The van der Waals surface area contributed by atoms with Gasteiger partial charge in [0.25, 0.3) is 10.5 Å². The van der Waals surface area contributed by atoms with Crippen LogP contribution in [0, 0.1) is 0 Å². The molecule has 0 radical (unpaired) electrons. The SMILES string of the molecule is NC(=O)S.O=C(S)Nc1cccc2c1CCC(=O)N2. The van der Waals surface area contributed by atoms with Crippen molar-refractivity contribution >= 4 is 53.0 Å². The molecule has 0 fully saturated rings. The van der Waals surface area contributed by atoms with E-state index < -0.39 is 10.5 Å². The molecule has 4 N–H and O–H groups in total. The van der Waals surface area contributed by atoms with Crippen LogP contribution in [-0.2, 0) is 11.2 Å². The summed E-state index contributed by atoms with van der Waals surface area (Å²) in [5.74, 6) is 0.0110. The van der Waals surface area contributed by atoms with Gasteiger partial charge in [0.2, 0.25) is 5.91 Å². The average Bonchev–Trinajstić information content (AvgIpc) is 2.27. The van der Waals surface area contributed by atoms with Crippen molar-refractivity contribution in [3.63, 3.8) is 0 Å². The van der Waals surface area contributed by atoms with Crippen molar-refractivity contribution in [2.24, 2.45) is 5.73 Å². The van der Waals surface area contributed by atoms with Crippen molar-refractivity contribution in [2.45, 2.75) is 12.8 Å². The second kappa shape index (κ2) is 7.05. The van der Waals surface area contributed by atoms with Crippen LogP contribution in [0.1, 0.15) is 12.0 Å². The molecule has 2 rings (SSSR count). The Bertz CT molecular complexity index is 516. The Kier molecular flexibility index (Phi) is 5.71. The molecule has 3 amide bonds.